The van der Waals surface area contributed by atoms with E-state index in [-0.39, 0.29) is 6.10 Å². The van der Waals surface area contributed by atoms with Crippen molar-refractivity contribution in [3.63, 3.8) is 0 Å². The third-order valence-electron chi connectivity index (χ3n) is 4.57. The van der Waals surface area contributed by atoms with Gasteiger partial charge in [0.25, 0.3) is 0 Å². The van der Waals surface area contributed by atoms with Gasteiger partial charge in [0.15, 0.2) is 0 Å². The minimum absolute atomic E-state index is 0.287. The van der Waals surface area contributed by atoms with Gasteiger partial charge in [-0.1, -0.05) is 60.7 Å². The number of hydrogen-bond donors (Lipinski definition) is 1. The first kappa shape index (κ1) is 15.8. The summed E-state index contributed by atoms with van der Waals surface area (Å²) >= 11 is 0. The van der Waals surface area contributed by atoms with E-state index >= 15 is 0 Å². The summed E-state index contributed by atoms with van der Waals surface area (Å²) in [4.78, 5) is 11.8. The molecule has 0 spiro atoms. The zero-order valence-corrected chi connectivity index (χ0v) is 14.0. The molecule has 4 rings (SSSR count). The summed E-state index contributed by atoms with van der Waals surface area (Å²) in [5, 5.41) is 9.97. The molecule has 2 aromatic carbocycles. The Morgan fingerprint density at radius 3 is 2.16 bits per heavy atom. The van der Waals surface area contributed by atoms with Crippen LogP contribution >= 0.6 is 0 Å². The van der Waals surface area contributed by atoms with E-state index in [9.17, 15) is 5.11 Å². The highest BCUT2D eigenvalue weighted by Crippen LogP contribution is 2.31. The summed E-state index contributed by atoms with van der Waals surface area (Å²) in [6.07, 6.45) is 3.37. The number of β-amino-alcohol motifs (C(OH)–C–C–N with tert-alkyl or cyclic N) is 1. The van der Waals surface area contributed by atoms with E-state index in [4.69, 9.17) is 9.97 Å². The topological polar surface area (TPSA) is 49.2 Å². The molecule has 2 heterocycles. The first-order chi connectivity index (χ1) is 12.3. The van der Waals surface area contributed by atoms with E-state index in [1.165, 1.54) is 0 Å². The zero-order chi connectivity index (χ0) is 17.1. The first-order valence-electron chi connectivity index (χ1n) is 8.72. The fourth-order valence-electron chi connectivity index (χ4n) is 3.30. The smallest absolute Gasteiger partial charge is 0.147 e. The molecule has 0 saturated carbocycles. The Kier molecular flexibility index (Phi) is 4.44. The average Bonchev–Trinajstić information content (AvgIpc) is 2.69. The molecule has 1 aromatic heterocycles. The molecule has 1 aliphatic heterocycles. The first-order valence-corrected chi connectivity index (χ1v) is 8.72. The summed E-state index contributed by atoms with van der Waals surface area (Å²) in [5.41, 5.74) is 3.87. The Morgan fingerprint density at radius 2 is 1.52 bits per heavy atom. The molecule has 1 atom stereocenters. The molecule has 0 amide bonds. The highest BCUT2D eigenvalue weighted by Gasteiger charge is 2.21. The molecular formula is C21H21N3O. The lowest BCUT2D eigenvalue weighted by atomic mass is 10.0. The van der Waals surface area contributed by atoms with Crippen molar-refractivity contribution >= 4 is 5.82 Å². The van der Waals surface area contributed by atoms with Crippen LogP contribution in [-0.4, -0.2) is 34.3 Å². The molecule has 4 nitrogen and oxygen atoms in total. The van der Waals surface area contributed by atoms with Gasteiger partial charge in [-0.05, 0) is 12.8 Å². The fourth-order valence-corrected chi connectivity index (χ4v) is 3.30. The highest BCUT2D eigenvalue weighted by atomic mass is 16.3. The Bertz CT molecular complexity index is 836. The molecule has 1 saturated heterocycles. The monoisotopic (exact) mass is 331 g/mol. The van der Waals surface area contributed by atoms with Gasteiger partial charge in [-0.25, -0.2) is 4.98 Å². The third-order valence-corrected chi connectivity index (χ3v) is 4.57. The predicted molar refractivity (Wildman–Crippen MR) is 100 cm³/mol. The maximum atomic E-state index is 9.97. The lowest BCUT2D eigenvalue weighted by Gasteiger charge is -2.31. The molecular weight excluding hydrogens is 310 g/mol. The Hall–Kier alpha value is -2.72. The number of aromatic nitrogens is 2. The van der Waals surface area contributed by atoms with Crippen LogP contribution in [0.2, 0.25) is 0 Å². The minimum atomic E-state index is -0.287. The van der Waals surface area contributed by atoms with E-state index in [0.29, 0.717) is 6.54 Å². The van der Waals surface area contributed by atoms with E-state index in [1.54, 1.807) is 0 Å². The second-order valence-corrected chi connectivity index (χ2v) is 6.40. The number of aliphatic hydroxyl groups excluding tert-OH is 1. The van der Waals surface area contributed by atoms with E-state index in [2.05, 4.69) is 29.2 Å². The van der Waals surface area contributed by atoms with Crippen molar-refractivity contribution in [1.82, 2.24) is 9.97 Å². The van der Waals surface area contributed by atoms with E-state index in [0.717, 1.165) is 47.7 Å². The number of hydrogen-bond acceptors (Lipinski definition) is 4. The lowest BCUT2D eigenvalue weighted by Crippen LogP contribution is -2.38. The van der Waals surface area contributed by atoms with Gasteiger partial charge in [-0.15, -0.1) is 0 Å². The average molecular weight is 331 g/mol. The Labute approximate surface area is 147 Å². The van der Waals surface area contributed by atoms with Crippen molar-refractivity contribution in [2.24, 2.45) is 0 Å². The van der Waals surface area contributed by atoms with Gasteiger partial charge in [0.1, 0.15) is 5.82 Å². The molecule has 3 aromatic rings. The molecule has 1 fully saturated rings. The maximum absolute atomic E-state index is 9.97. The van der Waals surface area contributed by atoms with Gasteiger partial charge in [-0.3, -0.25) is 4.98 Å². The Balaban J connectivity index is 1.80. The molecule has 0 aliphatic carbocycles. The summed E-state index contributed by atoms with van der Waals surface area (Å²) in [7, 11) is 0. The van der Waals surface area contributed by atoms with Crippen LogP contribution in [0.1, 0.15) is 12.8 Å². The van der Waals surface area contributed by atoms with Crippen molar-refractivity contribution in [2.45, 2.75) is 18.9 Å². The summed E-state index contributed by atoms with van der Waals surface area (Å²) in [5.74, 6) is 0.831. The molecule has 1 unspecified atom stereocenters. The zero-order valence-electron chi connectivity index (χ0n) is 14.0. The molecule has 25 heavy (non-hydrogen) atoms. The van der Waals surface area contributed by atoms with Crippen molar-refractivity contribution in [3.8, 4) is 22.5 Å². The SMILES string of the molecule is OC1CCCN(c2cnc(-c3ccccc3)c(-c3ccccc3)n2)C1. The summed E-state index contributed by atoms with van der Waals surface area (Å²) in [6, 6.07) is 20.3. The van der Waals surface area contributed by atoms with Crippen molar-refractivity contribution in [1.29, 1.82) is 0 Å². The number of rotatable bonds is 3. The van der Waals surface area contributed by atoms with Gasteiger partial charge < -0.3 is 10.0 Å². The molecule has 0 bridgehead atoms. The van der Waals surface area contributed by atoms with Crippen LogP contribution in [0, 0.1) is 0 Å². The van der Waals surface area contributed by atoms with Crippen LogP contribution in [0.3, 0.4) is 0 Å². The standard InChI is InChI=1S/C21H21N3O/c25-18-12-7-13-24(15-18)19-14-22-20(16-8-3-1-4-9-16)21(23-19)17-10-5-2-6-11-17/h1-6,8-11,14,18,25H,7,12-13,15H2. The van der Waals surface area contributed by atoms with Crippen LogP contribution < -0.4 is 4.90 Å². The van der Waals surface area contributed by atoms with Gasteiger partial charge in [-0.2, -0.15) is 0 Å². The highest BCUT2D eigenvalue weighted by molar-refractivity contribution is 5.78. The van der Waals surface area contributed by atoms with Gasteiger partial charge in [0, 0.05) is 24.2 Å². The van der Waals surface area contributed by atoms with Crippen LogP contribution in [0.5, 0.6) is 0 Å². The number of aliphatic hydroxyl groups is 1. The molecule has 4 heteroatoms. The van der Waals surface area contributed by atoms with Crippen molar-refractivity contribution < 1.29 is 5.11 Å². The predicted octanol–water partition coefficient (Wildman–Crippen LogP) is 3.77. The number of benzene rings is 2. The fraction of sp³-hybridized carbons (Fsp3) is 0.238. The quantitative estimate of drug-likeness (QED) is 0.794. The second kappa shape index (κ2) is 7.03. The van der Waals surface area contributed by atoms with Gasteiger partial charge in [0.2, 0.25) is 0 Å². The van der Waals surface area contributed by atoms with Crippen molar-refractivity contribution in [3.05, 3.63) is 66.9 Å². The Morgan fingerprint density at radius 1 is 0.880 bits per heavy atom. The minimum Gasteiger partial charge on any atom is -0.391 e. The summed E-state index contributed by atoms with van der Waals surface area (Å²) < 4.78 is 0. The maximum Gasteiger partial charge on any atom is 0.147 e. The van der Waals surface area contributed by atoms with E-state index in [1.807, 2.05) is 42.6 Å². The molecule has 126 valence electrons. The number of anilines is 1. The lowest BCUT2D eigenvalue weighted by molar-refractivity contribution is 0.154. The van der Waals surface area contributed by atoms with Crippen LogP contribution in [-0.2, 0) is 0 Å². The van der Waals surface area contributed by atoms with Crippen LogP contribution in [0.15, 0.2) is 66.9 Å². The molecule has 1 N–H and O–H groups in total. The van der Waals surface area contributed by atoms with Gasteiger partial charge in [0.05, 0.1) is 23.7 Å². The third kappa shape index (κ3) is 3.39. The molecule has 0 radical (unpaired) electrons. The summed E-state index contributed by atoms with van der Waals surface area (Å²) in [6.45, 7) is 1.53. The number of nitrogens with zero attached hydrogens (tertiary/aromatic N) is 3. The van der Waals surface area contributed by atoms with Crippen molar-refractivity contribution in [2.75, 3.05) is 18.0 Å². The van der Waals surface area contributed by atoms with Crippen LogP contribution in [0.4, 0.5) is 5.82 Å². The normalized spacial score (nSPS) is 17.5. The molecule has 1 aliphatic rings. The second-order valence-electron chi connectivity index (χ2n) is 6.40. The van der Waals surface area contributed by atoms with Crippen LogP contribution in [0.25, 0.3) is 22.5 Å². The van der Waals surface area contributed by atoms with E-state index < -0.39 is 0 Å². The van der Waals surface area contributed by atoms with Gasteiger partial charge >= 0.3 is 0 Å². The largest absolute Gasteiger partial charge is 0.391 e. The number of piperidine rings is 1.